The number of nitriles is 3. The maximum atomic E-state index is 14.8. The fourth-order valence-corrected chi connectivity index (χ4v) is 12.4. The van der Waals surface area contributed by atoms with Crippen LogP contribution in [0.2, 0.25) is 15.1 Å². The number of nitrogens with zero attached hydrogens (tertiary/aromatic N) is 15. The van der Waals surface area contributed by atoms with Crippen LogP contribution in [0.4, 0.5) is 39.3 Å². The standard InChI is InChI=1S/C28H22FN7O2.C27H20ClN7O2.C26H17Cl2N7O2/c1-15-10-19(21-9-6-18(25(31)37)12-22(21)29)11-16(2)24(15)38-27-23-26(36(3)14-32-23)34-28(35-27)33-20-7-4-17(13-30)5-8-20;1-15-11-19(17-5-7-18(8-6-17)24(30)36)12-21(28)23(15)37-26-22-25(35(2)14-31-22)33-27(34-26)32-20-9-3-16(13-29)4-10-20;1-35-13-31-21-24(35)33-26(32-18-8-2-14(12-29)3-9-18)34-25(21)37-22-19(27)10-17(11-20(22)28)15-4-6-16(7-5-15)23(30)36/h4-12,14H,1-3H3,(H2,31,37)(H,33,34,35);3-12,14H,1-2H3,(H2,30,36)(H,32,33,34);2-11,13H,1H3,(H2,30,36)(H,32,33,34). The third-order valence-electron chi connectivity index (χ3n) is 17.2. The van der Waals surface area contributed by atoms with E-state index >= 15 is 0 Å². The van der Waals surface area contributed by atoms with Gasteiger partial charge in [0.15, 0.2) is 45.0 Å². The predicted molar refractivity (Wildman–Crippen MR) is 423 cm³/mol. The van der Waals surface area contributed by atoms with E-state index in [1.165, 1.54) is 12.1 Å². The number of imidazole rings is 3. The molecule has 0 aliphatic heterocycles. The van der Waals surface area contributed by atoms with E-state index in [0.717, 1.165) is 45.0 Å². The average molecular weight is 1550 g/mol. The molecule has 0 atom stereocenters. The second-order valence-electron chi connectivity index (χ2n) is 25.1. The predicted octanol–water partition coefficient (Wildman–Crippen LogP) is 16.6. The van der Waals surface area contributed by atoms with Crippen molar-refractivity contribution < 1.29 is 33.0 Å². The van der Waals surface area contributed by atoms with Gasteiger partial charge in [-0.05, 0) is 211 Å². The van der Waals surface area contributed by atoms with Crippen molar-refractivity contribution in [2.45, 2.75) is 20.8 Å². The minimum Gasteiger partial charge on any atom is -0.436 e. The number of nitrogens with one attached hydrogen (secondary N) is 3. The number of benzene rings is 9. The van der Waals surface area contributed by atoms with E-state index in [1.807, 2.05) is 53.1 Å². The summed E-state index contributed by atoms with van der Waals surface area (Å²) in [6.07, 6.45) is 4.85. The topological polar surface area (TPSA) is 395 Å². The first-order valence-electron chi connectivity index (χ1n) is 33.6. The number of hydrogen-bond donors (Lipinski definition) is 6. The quantitative estimate of drug-likeness (QED) is 0.0464. The molecule has 31 heteroatoms. The van der Waals surface area contributed by atoms with Gasteiger partial charge in [0, 0.05) is 60.5 Å². The summed E-state index contributed by atoms with van der Waals surface area (Å²) in [4.78, 5) is 74.5. The van der Waals surface area contributed by atoms with Gasteiger partial charge in [-0.1, -0.05) is 65.1 Å². The Balaban J connectivity index is 0.000000147. The maximum Gasteiger partial charge on any atom is 0.252 e. The van der Waals surface area contributed by atoms with Crippen LogP contribution in [-0.4, -0.2) is 76.3 Å². The Labute approximate surface area is 651 Å². The Hall–Kier alpha value is -14.9. The highest BCUT2D eigenvalue weighted by molar-refractivity contribution is 6.37. The van der Waals surface area contributed by atoms with Crippen LogP contribution in [0.5, 0.6) is 34.9 Å². The summed E-state index contributed by atoms with van der Waals surface area (Å²) in [6.45, 7) is 5.59. The van der Waals surface area contributed by atoms with Gasteiger partial charge in [-0.2, -0.15) is 45.7 Å². The maximum absolute atomic E-state index is 14.8. The number of carbonyl (C=O) groups is 3. The molecule has 0 saturated carbocycles. The molecule has 0 aliphatic rings. The number of primary amides is 3. The molecule has 15 rings (SSSR count). The molecule has 9 aromatic carbocycles. The zero-order valence-corrected chi connectivity index (χ0v) is 62.1. The Morgan fingerprint density at radius 2 is 0.705 bits per heavy atom. The van der Waals surface area contributed by atoms with Crippen LogP contribution >= 0.6 is 34.8 Å². The fraction of sp³-hybridized carbons (Fsp3) is 0.0741. The van der Waals surface area contributed by atoms with Crippen molar-refractivity contribution in [3.63, 3.8) is 0 Å². The van der Waals surface area contributed by atoms with E-state index < -0.39 is 23.5 Å². The number of fused-ring (bicyclic) bond motifs is 3. The van der Waals surface area contributed by atoms with Gasteiger partial charge in [0.25, 0.3) is 17.6 Å². The Bertz CT molecular complexity index is 6030. The summed E-state index contributed by atoms with van der Waals surface area (Å²) in [5, 5.41) is 37.4. The number of ether oxygens (including phenoxy) is 3. The van der Waals surface area contributed by atoms with Gasteiger partial charge in [0.2, 0.25) is 35.6 Å². The zero-order valence-electron chi connectivity index (χ0n) is 59.9. The lowest BCUT2D eigenvalue weighted by Gasteiger charge is -2.15. The number of rotatable bonds is 18. The summed E-state index contributed by atoms with van der Waals surface area (Å²) in [5.41, 5.74) is 30.2. The smallest absolute Gasteiger partial charge is 0.252 e. The molecule has 6 heterocycles. The Morgan fingerprint density at radius 1 is 0.393 bits per heavy atom. The van der Waals surface area contributed by atoms with Gasteiger partial charge in [-0.15, -0.1) is 0 Å². The Kier molecular flexibility index (Phi) is 21.7. The van der Waals surface area contributed by atoms with E-state index in [1.54, 1.807) is 179 Å². The molecule has 9 N–H and O–H groups in total. The third-order valence-corrected chi connectivity index (χ3v) is 18.1. The van der Waals surface area contributed by atoms with E-state index in [2.05, 4.69) is 79.0 Å². The highest BCUT2D eigenvalue weighted by Crippen LogP contribution is 2.43. The van der Waals surface area contributed by atoms with Crippen molar-refractivity contribution in [1.82, 2.24) is 58.6 Å². The largest absolute Gasteiger partial charge is 0.436 e. The van der Waals surface area contributed by atoms with Crippen LogP contribution in [0.1, 0.15) is 64.5 Å². The molecule has 0 bridgehead atoms. The molecule has 15 aromatic rings. The van der Waals surface area contributed by atoms with Crippen LogP contribution in [0.3, 0.4) is 0 Å². The lowest BCUT2D eigenvalue weighted by atomic mass is 9.98. The lowest BCUT2D eigenvalue weighted by Crippen LogP contribution is -2.11. The molecule has 0 spiro atoms. The summed E-state index contributed by atoms with van der Waals surface area (Å²) in [5.74, 6) is 0.478. The van der Waals surface area contributed by atoms with Crippen LogP contribution in [-0.2, 0) is 21.1 Å². The number of aromatic nitrogens is 12. The van der Waals surface area contributed by atoms with Crippen molar-refractivity contribution >= 4 is 121 Å². The number of aryl methyl sites for hydroxylation is 6. The average Bonchev–Trinajstić information content (AvgIpc) is 1.47. The SMILES string of the molecule is Cc1cc(-c2ccc(C(N)=O)cc2)cc(Cl)c1Oc1nc(Nc2ccc(C#N)cc2)nc2c1ncn2C.Cc1cc(-c2ccc(C(N)=O)cc2F)cc(C)c1Oc1nc(Nc2ccc(C#N)cc2)nc2c1ncn2C.Cn1cnc2c(Oc3c(Cl)cc(-c4ccc(C(N)=O)cc4)cc3Cl)nc(Nc3ccc(C#N)cc3)nc21. The fourth-order valence-electron chi connectivity index (χ4n) is 11.6. The first kappa shape index (κ1) is 75.3. The first-order valence-corrected chi connectivity index (χ1v) is 34.7. The van der Waals surface area contributed by atoms with E-state index in [4.69, 9.17) is 82.0 Å². The number of halogens is 4. The molecule has 552 valence electrons. The van der Waals surface area contributed by atoms with Crippen molar-refractivity contribution in [3.8, 4) is 86.5 Å². The van der Waals surface area contributed by atoms with E-state index in [-0.39, 0.29) is 44.9 Å². The molecular weight excluding hydrogens is 1490 g/mol. The Morgan fingerprint density at radius 3 is 1.04 bits per heavy atom. The third kappa shape index (κ3) is 16.6. The molecule has 0 fully saturated rings. The second-order valence-corrected chi connectivity index (χ2v) is 26.4. The summed E-state index contributed by atoms with van der Waals surface area (Å²) < 4.78 is 38.6. The van der Waals surface area contributed by atoms with Crippen LogP contribution in [0.25, 0.3) is 66.9 Å². The van der Waals surface area contributed by atoms with Crippen LogP contribution in [0.15, 0.2) is 195 Å². The minimum atomic E-state index is -0.690. The normalized spacial score (nSPS) is 10.8. The number of anilines is 6. The van der Waals surface area contributed by atoms with Gasteiger partial charge in [0.1, 0.15) is 11.6 Å². The molecule has 0 radical (unpaired) electrons. The summed E-state index contributed by atoms with van der Waals surface area (Å²) in [7, 11) is 5.45. The number of carbonyl (C=O) groups excluding carboxylic acids is 3. The molecule has 0 saturated heterocycles. The van der Waals surface area contributed by atoms with Crippen LogP contribution in [0, 0.1) is 60.6 Å². The molecule has 112 heavy (non-hydrogen) atoms. The van der Waals surface area contributed by atoms with Crippen molar-refractivity contribution in [1.29, 1.82) is 15.8 Å². The number of hydrogen-bond acceptors (Lipinski definition) is 21. The minimum absolute atomic E-state index is 0.105. The van der Waals surface area contributed by atoms with Crippen molar-refractivity contribution in [2.24, 2.45) is 38.3 Å². The van der Waals surface area contributed by atoms with E-state index in [0.29, 0.717) is 118 Å². The lowest BCUT2D eigenvalue weighted by molar-refractivity contribution is 0.0991. The van der Waals surface area contributed by atoms with Crippen LogP contribution < -0.4 is 47.4 Å². The zero-order chi connectivity index (χ0) is 79.2. The van der Waals surface area contributed by atoms with Crippen molar-refractivity contribution in [3.05, 3.63) is 266 Å². The molecule has 3 amide bonds. The molecule has 0 aliphatic carbocycles. The summed E-state index contributed by atoms with van der Waals surface area (Å²) in [6, 6.07) is 55.6. The van der Waals surface area contributed by atoms with Gasteiger partial charge >= 0.3 is 0 Å². The van der Waals surface area contributed by atoms with Crippen molar-refractivity contribution in [2.75, 3.05) is 16.0 Å². The summed E-state index contributed by atoms with van der Waals surface area (Å²) >= 11 is 19.8. The first-order chi connectivity index (χ1) is 53.9. The highest BCUT2D eigenvalue weighted by Gasteiger charge is 2.24. The molecule has 27 nitrogen and oxygen atoms in total. The van der Waals surface area contributed by atoms with Gasteiger partial charge in [0.05, 0.1) is 68.9 Å². The number of nitrogens with two attached hydrogens (primary N) is 3. The van der Waals surface area contributed by atoms with Gasteiger partial charge in [-0.3, -0.25) is 14.4 Å². The van der Waals surface area contributed by atoms with Gasteiger partial charge < -0.3 is 61.1 Å². The second kappa shape index (κ2) is 32.3. The monoisotopic (exact) mass is 1550 g/mol. The van der Waals surface area contributed by atoms with E-state index in [9.17, 15) is 18.8 Å². The molecule has 6 aromatic heterocycles. The van der Waals surface area contributed by atoms with Gasteiger partial charge in [-0.25, -0.2) is 19.3 Å². The highest BCUT2D eigenvalue weighted by atomic mass is 35.5. The molecule has 0 unspecified atom stereocenters. The number of amides is 3. The molecular formula is C81H59Cl3FN21O6.